The summed E-state index contributed by atoms with van der Waals surface area (Å²) in [6.45, 7) is 3.74. The molecule has 5 rings (SSSR count). The van der Waals surface area contributed by atoms with E-state index in [4.69, 9.17) is 4.52 Å². The van der Waals surface area contributed by atoms with Gasteiger partial charge in [0.1, 0.15) is 10.5 Å². The Labute approximate surface area is 168 Å². The van der Waals surface area contributed by atoms with Crippen LogP contribution < -0.4 is 4.90 Å². The second-order valence-corrected chi connectivity index (χ2v) is 8.92. The predicted molar refractivity (Wildman–Crippen MR) is 104 cm³/mol. The van der Waals surface area contributed by atoms with Gasteiger partial charge in [-0.25, -0.2) is 4.39 Å². The van der Waals surface area contributed by atoms with E-state index in [0.29, 0.717) is 29.4 Å². The number of amides is 1. The number of pyridine rings is 1. The van der Waals surface area contributed by atoms with Crippen molar-refractivity contribution in [1.82, 2.24) is 15.1 Å². The minimum atomic E-state index is -0.898. The Morgan fingerprint density at radius 3 is 2.86 bits per heavy atom. The van der Waals surface area contributed by atoms with Gasteiger partial charge in [-0.1, -0.05) is 33.2 Å². The molecule has 1 aliphatic heterocycles. The van der Waals surface area contributed by atoms with Gasteiger partial charge in [-0.2, -0.15) is 4.98 Å². The topological polar surface area (TPSA) is 72.1 Å². The minimum absolute atomic E-state index is 0.117. The zero-order valence-electron chi connectivity index (χ0n) is 15.2. The lowest BCUT2D eigenvalue weighted by Gasteiger charge is -2.21. The summed E-state index contributed by atoms with van der Waals surface area (Å²) in [4.78, 5) is 23.6. The number of hydrogen-bond donors (Lipinski definition) is 0. The maximum absolute atomic E-state index is 13.3. The number of alkyl halides is 2. The summed E-state index contributed by atoms with van der Waals surface area (Å²) in [6.07, 6.45) is 1.20. The van der Waals surface area contributed by atoms with Crippen LogP contribution in [0.3, 0.4) is 0 Å². The average molecular weight is 443 g/mol. The molecule has 8 heteroatoms. The van der Waals surface area contributed by atoms with Crippen LogP contribution in [0.5, 0.6) is 0 Å². The van der Waals surface area contributed by atoms with Crippen molar-refractivity contribution in [1.29, 1.82) is 0 Å². The van der Waals surface area contributed by atoms with Gasteiger partial charge in [0.05, 0.1) is 23.0 Å². The Morgan fingerprint density at radius 2 is 2.11 bits per heavy atom. The molecule has 3 atom stereocenters. The van der Waals surface area contributed by atoms with E-state index in [9.17, 15) is 9.18 Å². The molecule has 1 saturated carbocycles. The van der Waals surface area contributed by atoms with Gasteiger partial charge in [0.25, 0.3) is 5.91 Å². The van der Waals surface area contributed by atoms with Crippen LogP contribution in [0.1, 0.15) is 36.4 Å². The Balaban J connectivity index is 1.59. The first-order chi connectivity index (χ1) is 13.4. The van der Waals surface area contributed by atoms with Gasteiger partial charge >= 0.3 is 0 Å². The van der Waals surface area contributed by atoms with Gasteiger partial charge in [-0.05, 0) is 44.0 Å². The summed E-state index contributed by atoms with van der Waals surface area (Å²) < 4.78 is 17.6. The van der Waals surface area contributed by atoms with Gasteiger partial charge in [0.15, 0.2) is 0 Å². The predicted octanol–water partition coefficient (Wildman–Crippen LogP) is 4.55. The number of carbonyl (C=O) groups is 1. The zero-order valence-corrected chi connectivity index (χ0v) is 16.8. The SMILES string of the molecule is Cc1ccc(-c2noc([C@H]3C[C@@H]3F)n2)cc1N1C(=O)C(C)(Br)c2ncccc21. The van der Waals surface area contributed by atoms with Gasteiger partial charge in [0, 0.05) is 11.8 Å². The Kier molecular flexibility index (Phi) is 3.71. The summed E-state index contributed by atoms with van der Waals surface area (Å²) in [5, 5.41) is 3.99. The van der Waals surface area contributed by atoms with Crippen LogP contribution >= 0.6 is 15.9 Å². The summed E-state index contributed by atoms with van der Waals surface area (Å²) in [6, 6.07) is 9.31. The molecule has 0 saturated heterocycles. The van der Waals surface area contributed by atoms with Crippen LogP contribution in [0.15, 0.2) is 41.1 Å². The van der Waals surface area contributed by atoms with Crippen LogP contribution in [0.4, 0.5) is 15.8 Å². The summed E-state index contributed by atoms with van der Waals surface area (Å²) in [7, 11) is 0. The molecule has 1 fully saturated rings. The van der Waals surface area contributed by atoms with E-state index >= 15 is 0 Å². The Bertz CT molecular complexity index is 1110. The smallest absolute Gasteiger partial charge is 0.254 e. The second-order valence-electron chi connectivity index (χ2n) is 7.33. The molecule has 2 aromatic heterocycles. The summed E-state index contributed by atoms with van der Waals surface area (Å²) >= 11 is 3.54. The van der Waals surface area contributed by atoms with Crippen molar-refractivity contribution in [2.45, 2.75) is 36.7 Å². The van der Waals surface area contributed by atoms with Gasteiger partial charge in [-0.3, -0.25) is 14.7 Å². The Morgan fingerprint density at radius 1 is 1.32 bits per heavy atom. The lowest BCUT2D eigenvalue weighted by molar-refractivity contribution is -0.119. The third-order valence-corrected chi connectivity index (χ3v) is 5.97. The maximum atomic E-state index is 13.3. The standard InChI is InChI=1S/C20H16BrFN4O2/c1-10-5-6-11(17-24-18(28-25-17)12-9-13(12)22)8-15(10)26-14-4-3-7-23-16(14)20(2,21)19(26)27/h3-8,12-13H,9H2,1-2H3/t12-,13-,20?/m0/s1. The van der Waals surface area contributed by atoms with Crippen molar-refractivity contribution < 1.29 is 13.7 Å². The van der Waals surface area contributed by atoms with Crippen LogP contribution in [-0.2, 0) is 9.12 Å². The highest BCUT2D eigenvalue weighted by Crippen LogP contribution is 2.49. The van der Waals surface area contributed by atoms with Crippen LogP contribution in [-0.4, -0.2) is 27.2 Å². The van der Waals surface area contributed by atoms with Crippen molar-refractivity contribution >= 4 is 33.2 Å². The third-order valence-electron chi connectivity index (χ3n) is 5.26. The van der Waals surface area contributed by atoms with Crippen molar-refractivity contribution in [2.75, 3.05) is 4.90 Å². The molecule has 0 bridgehead atoms. The summed E-state index contributed by atoms with van der Waals surface area (Å²) in [5.41, 5.74) is 3.76. The van der Waals surface area contributed by atoms with Crippen molar-refractivity contribution in [2.24, 2.45) is 0 Å². The van der Waals surface area contributed by atoms with Gasteiger partial charge < -0.3 is 4.52 Å². The number of aromatic nitrogens is 3. The number of hydrogen-bond acceptors (Lipinski definition) is 5. The summed E-state index contributed by atoms with van der Waals surface area (Å²) in [5.74, 6) is 0.298. The fourth-order valence-corrected chi connectivity index (χ4v) is 3.99. The van der Waals surface area contributed by atoms with Crippen LogP contribution in [0, 0.1) is 6.92 Å². The number of fused-ring (bicyclic) bond motifs is 1. The molecule has 1 unspecified atom stereocenters. The second kappa shape index (κ2) is 5.94. The Hall–Kier alpha value is -2.61. The number of carbonyl (C=O) groups excluding carboxylic acids is 1. The number of nitrogens with zero attached hydrogens (tertiary/aromatic N) is 4. The molecule has 28 heavy (non-hydrogen) atoms. The lowest BCUT2D eigenvalue weighted by Crippen LogP contribution is -2.31. The highest BCUT2D eigenvalue weighted by molar-refractivity contribution is 9.10. The van der Waals surface area contributed by atoms with Crippen LogP contribution in [0.25, 0.3) is 11.4 Å². The van der Waals surface area contributed by atoms with Crippen molar-refractivity contribution in [3.05, 3.63) is 53.7 Å². The van der Waals surface area contributed by atoms with Crippen molar-refractivity contribution in [3.63, 3.8) is 0 Å². The minimum Gasteiger partial charge on any atom is -0.339 e. The van der Waals surface area contributed by atoms with E-state index in [1.165, 1.54) is 0 Å². The molecule has 142 valence electrons. The number of anilines is 2. The largest absolute Gasteiger partial charge is 0.339 e. The first-order valence-electron chi connectivity index (χ1n) is 8.95. The fourth-order valence-electron chi connectivity index (χ4n) is 3.51. The molecule has 0 N–H and O–H groups in total. The zero-order chi connectivity index (χ0) is 19.6. The maximum Gasteiger partial charge on any atom is 0.254 e. The van der Waals surface area contributed by atoms with Gasteiger partial charge in [-0.15, -0.1) is 0 Å². The van der Waals surface area contributed by atoms with E-state index in [1.807, 2.05) is 31.2 Å². The molecule has 0 radical (unpaired) electrons. The molecule has 1 aliphatic carbocycles. The van der Waals surface area contributed by atoms with E-state index in [-0.39, 0.29) is 11.8 Å². The van der Waals surface area contributed by atoms with E-state index in [0.717, 1.165) is 16.9 Å². The monoisotopic (exact) mass is 442 g/mol. The molecule has 1 aromatic carbocycles. The number of rotatable bonds is 3. The number of aryl methyl sites for hydroxylation is 1. The van der Waals surface area contributed by atoms with Crippen LogP contribution in [0.2, 0.25) is 0 Å². The first-order valence-corrected chi connectivity index (χ1v) is 9.75. The molecule has 6 nitrogen and oxygen atoms in total. The molecule has 3 heterocycles. The van der Waals surface area contributed by atoms with Gasteiger partial charge in [0.2, 0.25) is 11.7 Å². The first kappa shape index (κ1) is 17.5. The number of benzene rings is 1. The highest BCUT2D eigenvalue weighted by Gasteiger charge is 2.48. The third kappa shape index (κ3) is 2.51. The molecule has 3 aromatic rings. The lowest BCUT2D eigenvalue weighted by atomic mass is 10.1. The molecular weight excluding hydrogens is 427 g/mol. The molecule has 2 aliphatic rings. The highest BCUT2D eigenvalue weighted by atomic mass is 79.9. The van der Waals surface area contributed by atoms with Crippen molar-refractivity contribution in [3.8, 4) is 11.4 Å². The average Bonchev–Trinajstić information content (AvgIpc) is 3.13. The van der Waals surface area contributed by atoms with E-state index in [2.05, 4.69) is 31.1 Å². The van der Waals surface area contributed by atoms with E-state index in [1.54, 1.807) is 24.1 Å². The molecular formula is C20H16BrFN4O2. The number of halogens is 2. The van der Waals surface area contributed by atoms with E-state index < -0.39 is 10.5 Å². The normalized spacial score (nSPS) is 25.9. The molecule has 0 spiro atoms. The quantitative estimate of drug-likeness (QED) is 0.556. The molecule has 1 amide bonds. The fraction of sp³-hybridized carbons (Fsp3) is 0.300.